The summed E-state index contributed by atoms with van der Waals surface area (Å²) in [6, 6.07) is 8.01. The first-order valence-electron chi connectivity index (χ1n) is 10.4. The number of rotatable bonds is 9. The van der Waals surface area contributed by atoms with Gasteiger partial charge >= 0.3 is 0 Å². The normalized spacial score (nSPS) is 17.9. The fourth-order valence-corrected chi connectivity index (χ4v) is 3.63. The van der Waals surface area contributed by atoms with Crippen LogP contribution in [0.15, 0.2) is 48.3 Å². The van der Waals surface area contributed by atoms with Crippen molar-refractivity contribution in [2.24, 2.45) is 0 Å². The van der Waals surface area contributed by atoms with Crippen LogP contribution in [-0.4, -0.2) is 53.5 Å². The first-order valence-corrected chi connectivity index (χ1v) is 10.4. The van der Waals surface area contributed by atoms with Gasteiger partial charge in [-0.3, -0.25) is 14.6 Å². The molecular weight excluding hydrogens is 396 g/mol. The van der Waals surface area contributed by atoms with E-state index in [9.17, 15) is 14.7 Å². The number of hydrogen-bond acceptors (Lipinski definition) is 6. The largest absolute Gasteiger partial charge is 0.507 e. The molecule has 1 N–H and O–H groups in total. The Balaban J connectivity index is 2.03. The molecule has 1 aromatic heterocycles. The Morgan fingerprint density at radius 3 is 2.55 bits per heavy atom. The Bertz CT molecular complexity index is 971. The lowest BCUT2D eigenvalue weighted by Gasteiger charge is -2.24. The number of likely N-dealkylation sites (tertiary alicyclic amines) is 1. The van der Waals surface area contributed by atoms with E-state index in [2.05, 4.69) is 11.9 Å². The van der Waals surface area contributed by atoms with Crippen molar-refractivity contribution in [3.63, 3.8) is 0 Å². The molecule has 31 heavy (non-hydrogen) atoms. The van der Waals surface area contributed by atoms with Crippen molar-refractivity contribution >= 4 is 17.4 Å². The van der Waals surface area contributed by atoms with Gasteiger partial charge < -0.3 is 19.5 Å². The maximum Gasteiger partial charge on any atom is 0.295 e. The molecule has 0 unspecified atom stereocenters. The third-order valence-electron chi connectivity index (χ3n) is 5.30. The Hall–Kier alpha value is -3.19. The summed E-state index contributed by atoms with van der Waals surface area (Å²) in [4.78, 5) is 31.1. The SMILES string of the molecule is CCCCOc1ccc(/C(O)=C2\C(=O)C(=O)N(CCOC)[C@H]2c2ccncc2)cc1C. The lowest BCUT2D eigenvalue weighted by Crippen LogP contribution is -2.32. The number of amides is 1. The minimum absolute atomic E-state index is 0.0614. The molecule has 3 rings (SSSR count). The van der Waals surface area contributed by atoms with Crippen LogP contribution in [0, 0.1) is 6.92 Å². The molecule has 2 heterocycles. The van der Waals surface area contributed by atoms with E-state index >= 15 is 0 Å². The van der Waals surface area contributed by atoms with Gasteiger partial charge in [0.25, 0.3) is 11.7 Å². The minimum Gasteiger partial charge on any atom is -0.507 e. The lowest BCUT2D eigenvalue weighted by atomic mass is 9.95. The minimum atomic E-state index is -0.712. The van der Waals surface area contributed by atoms with Gasteiger partial charge in [0.1, 0.15) is 11.5 Å². The van der Waals surface area contributed by atoms with Crippen LogP contribution in [0.2, 0.25) is 0 Å². The molecule has 1 aromatic carbocycles. The number of aliphatic hydroxyl groups excluding tert-OH is 1. The van der Waals surface area contributed by atoms with Crippen LogP contribution in [0.1, 0.15) is 42.5 Å². The third kappa shape index (κ3) is 4.77. The maximum absolute atomic E-state index is 12.9. The first kappa shape index (κ1) is 22.5. The Morgan fingerprint density at radius 1 is 1.16 bits per heavy atom. The molecule has 1 fully saturated rings. The van der Waals surface area contributed by atoms with E-state index in [0.29, 0.717) is 17.7 Å². The van der Waals surface area contributed by atoms with E-state index in [1.165, 1.54) is 12.0 Å². The van der Waals surface area contributed by atoms with Gasteiger partial charge in [-0.2, -0.15) is 0 Å². The van der Waals surface area contributed by atoms with Crippen molar-refractivity contribution in [1.82, 2.24) is 9.88 Å². The second-order valence-corrected chi connectivity index (χ2v) is 7.45. The molecule has 0 radical (unpaired) electrons. The number of carbonyl (C=O) groups excluding carboxylic acids is 2. The van der Waals surface area contributed by atoms with Gasteiger partial charge in [-0.1, -0.05) is 13.3 Å². The van der Waals surface area contributed by atoms with E-state index in [0.717, 1.165) is 24.2 Å². The summed E-state index contributed by atoms with van der Waals surface area (Å²) >= 11 is 0. The number of ether oxygens (including phenoxy) is 2. The lowest BCUT2D eigenvalue weighted by molar-refractivity contribution is -0.140. The monoisotopic (exact) mass is 424 g/mol. The Kier molecular flexibility index (Phi) is 7.41. The highest BCUT2D eigenvalue weighted by atomic mass is 16.5. The summed E-state index contributed by atoms with van der Waals surface area (Å²) in [5.74, 6) is -0.840. The Morgan fingerprint density at radius 2 is 1.90 bits per heavy atom. The molecule has 7 nitrogen and oxygen atoms in total. The number of unbranched alkanes of at least 4 members (excludes halogenated alkanes) is 1. The number of benzene rings is 1. The average molecular weight is 424 g/mol. The highest BCUT2D eigenvalue weighted by Crippen LogP contribution is 2.39. The van der Waals surface area contributed by atoms with Crippen LogP contribution < -0.4 is 4.74 Å². The number of aliphatic hydroxyl groups is 1. The van der Waals surface area contributed by atoms with Crippen LogP contribution >= 0.6 is 0 Å². The van der Waals surface area contributed by atoms with Gasteiger partial charge in [0.15, 0.2) is 0 Å². The van der Waals surface area contributed by atoms with Crippen molar-refractivity contribution in [2.45, 2.75) is 32.7 Å². The van der Waals surface area contributed by atoms with Crippen LogP contribution in [0.4, 0.5) is 0 Å². The van der Waals surface area contributed by atoms with E-state index < -0.39 is 17.7 Å². The van der Waals surface area contributed by atoms with Crippen LogP contribution in [0.3, 0.4) is 0 Å². The fraction of sp³-hybridized carbons (Fsp3) is 0.375. The molecule has 7 heteroatoms. The summed E-state index contributed by atoms with van der Waals surface area (Å²) in [6.45, 7) is 5.11. The molecule has 164 valence electrons. The first-order chi connectivity index (χ1) is 15.0. The van der Waals surface area contributed by atoms with Crippen LogP contribution in [0.25, 0.3) is 5.76 Å². The molecular formula is C24H28N2O5. The fourth-order valence-electron chi connectivity index (χ4n) is 3.63. The van der Waals surface area contributed by atoms with E-state index in [-0.39, 0.29) is 24.5 Å². The number of ketones is 1. The molecule has 0 saturated carbocycles. The summed E-state index contributed by atoms with van der Waals surface area (Å²) in [7, 11) is 1.53. The molecule has 2 aromatic rings. The molecule has 1 amide bonds. The van der Waals surface area contributed by atoms with Crippen molar-refractivity contribution in [3.05, 3.63) is 65.0 Å². The molecule has 0 spiro atoms. The van der Waals surface area contributed by atoms with E-state index in [1.54, 1.807) is 42.7 Å². The number of aryl methyl sites for hydroxylation is 1. The smallest absolute Gasteiger partial charge is 0.295 e. The number of aromatic nitrogens is 1. The predicted octanol–water partition coefficient (Wildman–Crippen LogP) is 3.64. The summed E-state index contributed by atoms with van der Waals surface area (Å²) < 4.78 is 10.9. The van der Waals surface area contributed by atoms with E-state index in [4.69, 9.17) is 9.47 Å². The van der Waals surface area contributed by atoms with Crippen molar-refractivity contribution < 1.29 is 24.2 Å². The summed E-state index contributed by atoms with van der Waals surface area (Å²) in [6.07, 6.45) is 5.19. The molecule has 1 aliphatic heterocycles. The standard InChI is InChI=1S/C24H28N2O5/c1-4-5-13-31-19-7-6-18(15-16(19)2)22(27)20-21(17-8-10-25-11-9-17)26(12-14-30-3)24(29)23(20)28/h6-11,15,21,27H,4-5,12-14H2,1-3H3/b22-20+/t21-/m0/s1. The van der Waals surface area contributed by atoms with Gasteiger partial charge in [0, 0.05) is 31.6 Å². The van der Waals surface area contributed by atoms with Gasteiger partial charge in [-0.15, -0.1) is 0 Å². The molecule has 1 saturated heterocycles. The van der Waals surface area contributed by atoms with Gasteiger partial charge in [0.05, 0.1) is 24.8 Å². The average Bonchev–Trinajstić information content (AvgIpc) is 3.03. The molecule has 0 bridgehead atoms. The zero-order valence-electron chi connectivity index (χ0n) is 18.1. The topological polar surface area (TPSA) is 89.0 Å². The highest BCUT2D eigenvalue weighted by molar-refractivity contribution is 6.46. The van der Waals surface area contributed by atoms with Gasteiger partial charge in [-0.05, 0) is 54.8 Å². The summed E-state index contributed by atoms with van der Waals surface area (Å²) in [5, 5.41) is 11.1. The molecule has 0 aliphatic carbocycles. The second-order valence-electron chi connectivity index (χ2n) is 7.45. The van der Waals surface area contributed by atoms with Gasteiger partial charge in [0.2, 0.25) is 0 Å². The number of Topliss-reactive ketones (excluding diaryl/α,β-unsaturated/α-hetero) is 1. The number of carbonyl (C=O) groups is 2. The molecule has 1 atom stereocenters. The quantitative estimate of drug-likeness (QED) is 0.286. The number of nitrogens with zero attached hydrogens (tertiary/aromatic N) is 2. The third-order valence-corrected chi connectivity index (χ3v) is 5.30. The van der Waals surface area contributed by atoms with Crippen LogP contribution in [-0.2, 0) is 14.3 Å². The number of hydrogen-bond donors (Lipinski definition) is 1. The van der Waals surface area contributed by atoms with Gasteiger partial charge in [-0.25, -0.2) is 0 Å². The van der Waals surface area contributed by atoms with E-state index in [1.807, 2.05) is 6.92 Å². The maximum atomic E-state index is 12.9. The van der Waals surface area contributed by atoms with Crippen molar-refractivity contribution in [1.29, 1.82) is 0 Å². The summed E-state index contributed by atoms with van der Waals surface area (Å²) in [5.41, 5.74) is 2.06. The molecule has 1 aliphatic rings. The Labute approximate surface area is 182 Å². The van der Waals surface area contributed by atoms with Crippen molar-refractivity contribution in [2.75, 3.05) is 26.9 Å². The number of pyridine rings is 1. The zero-order chi connectivity index (χ0) is 22.4. The second kappa shape index (κ2) is 10.2. The predicted molar refractivity (Wildman–Crippen MR) is 117 cm³/mol. The highest BCUT2D eigenvalue weighted by Gasteiger charge is 2.45. The van der Waals surface area contributed by atoms with Crippen molar-refractivity contribution in [3.8, 4) is 5.75 Å². The van der Waals surface area contributed by atoms with Crippen LogP contribution in [0.5, 0.6) is 5.75 Å². The zero-order valence-corrected chi connectivity index (χ0v) is 18.1. The number of methoxy groups -OCH3 is 1.